The molecule has 30 heavy (non-hydrogen) atoms. The van der Waals surface area contributed by atoms with Crippen LogP contribution >= 0.6 is 11.8 Å². The molecule has 2 fully saturated rings. The van der Waals surface area contributed by atoms with Crippen molar-refractivity contribution in [3.63, 3.8) is 0 Å². The van der Waals surface area contributed by atoms with E-state index in [4.69, 9.17) is 18.9 Å². The summed E-state index contributed by atoms with van der Waals surface area (Å²) >= 11 is 1.21. The molecular formula is C19H22F4N2O4S. The molecule has 0 amide bonds. The number of thioether (sulfide) groups is 1. The van der Waals surface area contributed by atoms with Gasteiger partial charge in [-0.3, -0.25) is 4.99 Å². The largest absolute Gasteiger partial charge is 0.417 e. The number of rotatable bonds is 4. The van der Waals surface area contributed by atoms with Crippen LogP contribution in [0.1, 0.15) is 19.4 Å². The summed E-state index contributed by atoms with van der Waals surface area (Å²) < 4.78 is 77.9. The van der Waals surface area contributed by atoms with E-state index in [0.29, 0.717) is 10.7 Å². The standard InChI is InChI=1S/C19H22F4N2O4S/c1-18(2)28-12-11-16(30-17(24-3)25-11)27-14(13(12)29-18)15(19(21,22)23)26-8-9-4-6-10(20)7-5-9/h4-7,11-16H,8H2,1-3H3,(H,24,25)/t11-,12-,13+,14?,15-,16-/m1/s1. The summed E-state index contributed by atoms with van der Waals surface area (Å²) in [6.45, 7) is 2.93. The van der Waals surface area contributed by atoms with Crippen molar-refractivity contribution in [2.75, 3.05) is 7.05 Å². The van der Waals surface area contributed by atoms with Crippen LogP contribution in [0.2, 0.25) is 0 Å². The Morgan fingerprint density at radius 3 is 2.50 bits per heavy atom. The lowest BCUT2D eigenvalue weighted by Crippen LogP contribution is -2.60. The molecule has 2 saturated heterocycles. The molecule has 0 radical (unpaired) electrons. The fourth-order valence-electron chi connectivity index (χ4n) is 3.82. The number of halogens is 4. The van der Waals surface area contributed by atoms with Crippen LogP contribution in [0.3, 0.4) is 0 Å². The minimum Gasteiger partial charge on any atom is -0.368 e. The molecule has 0 aromatic heterocycles. The molecule has 0 spiro atoms. The summed E-state index contributed by atoms with van der Waals surface area (Å²) in [6.07, 6.45) is -10.1. The summed E-state index contributed by atoms with van der Waals surface area (Å²) in [7, 11) is 1.68. The second-order valence-corrected chi connectivity index (χ2v) is 8.81. The van der Waals surface area contributed by atoms with E-state index < -0.39 is 53.7 Å². The quantitative estimate of drug-likeness (QED) is 0.711. The number of fused-ring (bicyclic) bond motifs is 3. The molecule has 3 aliphatic rings. The number of alkyl halides is 3. The molecule has 0 saturated carbocycles. The molecule has 1 aromatic carbocycles. The molecule has 0 bridgehead atoms. The minimum absolute atomic E-state index is 0.356. The van der Waals surface area contributed by atoms with E-state index in [0.717, 1.165) is 0 Å². The van der Waals surface area contributed by atoms with E-state index in [1.54, 1.807) is 20.9 Å². The van der Waals surface area contributed by atoms with Gasteiger partial charge in [-0.25, -0.2) is 4.39 Å². The second-order valence-electron chi connectivity index (χ2n) is 7.73. The molecule has 3 heterocycles. The molecule has 3 aliphatic heterocycles. The molecule has 1 unspecified atom stereocenters. The lowest BCUT2D eigenvalue weighted by Gasteiger charge is -2.41. The summed E-state index contributed by atoms with van der Waals surface area (Å²) in [5.41, 5.74) is -0.244. The van der Waals surface area contributed by atoms with Crippen molar-refractivity contribution in [2.24, 2.45) is 4.99 Å². The lowest BCUT2D eigenvalue weighted by atomic mass is 9.94. The third-order valence-electron chi connectivity index (χ3n) is 5.07. The van der Waals surface area contributed by atoms with Crippen molar-refractivity contribution < 1.29 is 36.5 Å². The lowest BCUT2D eigenvalue weighted by molar-refractivity contribution is -0.281. The van der Waals surface area contributed by atoms with Gasteiger partial charge in [0, 0.05) is 7.05 Å². The summed E-state index contributed by atoms with van der Waals surface area (Å²) in [6, 6.07) is 4.59. The number of nitrogens with one attached hydrogen (secondary N) is 1. The molecular weight excluding hydrogens is 428 g/mol. The van der Waals surface area contributed by atoms with Crippen LogP contribution < -0.4 is 5.32 Å². The molecule has 4 rings (SSSR count). The number of hydrogen-bond acceptors (Lipinski definition) is 7. The summed E-state index contributed by atoms with van der Waals surface area (Å²) in [4.78, 5) is 4.48. The first-order valence-corrected chi connectivity index (χ1v) is 10.3. The van der Waals surface area contributed by atoms with E-state index in [9.17, 15) is 17.6 Å². The van der Waals surface area contributed by atoms with Gasteiger partial charge >= 0.3 is 6.18 Å². The molecule has 11 heteroatoms. The Bertz CT molecular complexity index is 805. The van der Waals surface area contributed by atoms with E-state index in [1.165, 1.54) is 36.0 Å². The van der Waals surface area contributed by atoms with Crippen LogP contribution in [0, 0.1) is 5.82 Å². The van der Waals surface area contributed by atoms with Gasteiger partial charge in [-0.15, -0.1) is 0 Å². The van der Waals surface area contributed by atoms with Crippen molar-refractivity contribution in [2.45, 2.75) is 68.3 Å². The first kappa shape index (κ1) is 21.8. The minimum atomic E-state index is -4.71. The SMILES string of the molecule is CNC1=N[C@@H]2[C@H]3OC(C)(C)O[C@@H]3C([C@@H](OCc3ccc(F)cc3)C(F)(F)F)O[C@@H]2S1. The number of hydrogen-bond donors (Lipinski definition) is 1. The van der Waals surface area contributed by atoms with Crippen LogP contribution in [-0.2, 0) is 25.6 Å². The van der Waals surface area contributed by atoms with Gasteiger partial charge < -0.3 is 24.3 Å². The second kappa shape index (κ2) is 7.94. The number of ether oxygens (including phenoxy) is 4. The third-order valence-corrected chi connectivity index (χ3v) is 6.22. The van der Waals surface area contributed by atoms with E-state index in [1.807, 2.05) is 0 Å². The number of nitrogens with zero attached hydrogens (tertiary/aromatic N) is 1. The Balaban J connectivity index is 1.59. The van der Waals surface area contributed by atoms with Crippen LogP contribution in [0.4, 0.5) is 17.6 Å². The maximum absolute atomic E-state index is 14.0. The Labute approximate surface area is 175 Å². The van der Waals surface area contributed by atoms with Gasteiger partial charge in [0.2, 0.25) is 0 Å². The average molecular weight is 450 g/mol. The molecule has 0 aliphatic carbocycles. The van der Waals surface area contributed by atoms with Gasteiger partial charge in [-0.05, 0) is 31.5 Å². The molecule has 1 aromatic rings. The van der Waals surface area contributed by atoms with Crippen molar-refractivity contribution in [3.8, 4) is 0 Å². The smallest absolute Gasteiger partial charge is 0.368 e. The van der Waals surface area contributed by atoms with Crippen LogP contribution in [0.25, 0.3) is 0 Å². The van der Waals surface area contributed by atoms with E-state index in [-0.39, 0.29) is 6.61 Å². The van der Waals surface area contributed by atoms with Gasteiger partial charge in [0.15, 0.2) is 17.1 Å². The van der Waals surface area contributed by atoms with Crippen LogP contribution in [0.5, 0.6) is 0 Å². The average Bonchev–Trinajstić information content (AvgIpc) is 3.21. The fraction of sp³-hybridized carbons (Fsp3) is 0.632. The van der Waals surface area contributed by atoms with Crippen LogP contribution in [-0.4, -0.2) is 60.1 Å². The Morgan fingerprint density at radius 2 is 1.87 bits per heavy atom. The van der Waals surface area contributed by atoms with Crippen LogP contribution in [0.15, 0.2) is 29.3 Å². The summed E-state index contributed by atoms with van der Waals surface area (Å²) in [5.74, 6) is -1.56. The fourth-order valence-corrected chi connectivity index (χ4v) is 4.88. The highest BCUT2D eigenvalue weighted by Crippen LogP contribution is 2.46. The van der Waals surface area contributed by atoms with E-state index >= 15 is 0 Å². The van der Waals surface area contributed by atoms with Crippen molar-refractivity contribution in [1.82, 2.24) is 5.32 Å². The predicted octanol–water partition coefficient (Wildman–Crippen LogP) is 3.21. The predicted molar refractivity (Wildman–Crippen MR) is 101 cm³/mol. The molecule has 6 atom stereocenters. The third kappa shape index (κ3) is 4.31. The van der Waals surface area contributed by atoms with Gasteiger partial charge in [-0.2, -0.15) is 13.2 Å². The number of benzene rings is 1. The highest BCUT2D eigenvalue weighted by Gasteiger charge is 2.62. The van der Waals surface area contributed by atoms with Crippen molar-refractivity contribution in [3.05, 3.63) is 35.6 Å². The number of aliphatic imine (C=N–C) groups is 1. The zero-order chi connectivity index (χ0) is 21.7. The number of amidine groups is 1. The Kier molecular flexibility index (Phi) is 5.77. The van der Waals surface area contributed by atoms with Gasteiger partial charge in [0.05, 0.1) is 6.61 Å². The highest BCUT2D eigenvalue weighted by atomic mass is 32.2. The maximum Gasteiger partial charge on any atom is 0.417 e. The zero-order valence-electron chi connectivity index (χ0n) is 16.5. The highest BCUT2D eigenvalue weighted by molar-refractivity contribution is 8.14. The molecule has 166 valence electrons. The monoisotopic (exact) mass is 450 g/mol. The Morgan fingerprint density at radius 1 is 1.20 bits per heavy atom. The first-order chi connectivity index (χ1) is 14.1. The van der Waals surface area contributed by atoms with Gasteiger partial charge in [-0.1, -0.05) is 23.9 Å². The van der Waals surface area contributed by atoms with E-state index in [2.05, 4.69) is 10.3 Å². The van der Waals surface area contributed by atoms with Gasteiger partial charge in [0.25, 0.3) is 0 Å². The Hall–Kier alpha value is -1.40. The van der Waals surface area contributed by atoms with Crippen molar-refractivity contribution >= 4 is 16.9 Å². The zero-order valence-corrected chi connectivity index (χ0v) is 17.3. The summed E-state index contributed by atoms with van der Waals surface area (Å²) in [5, 5.41) is 3.46. The first-order valence-electron chi connectivity index (χ1n) is 9.43. The maximum atomic E-state index is 14.0. The molecule has 1 N–H and O–H groups in total. The molecule has 6 nitrogen and oxygen atoms in total. The normalized spacial score (nSPS) is 33.6. The van der Waals surface area contributed by atoms with Gasteiger partial charge in [0.1, 0.15) is 35.6 Å². The van der Waals surface area contributed by atoms with Crippen molar-refractivity contribution in [1.29, 1.82) is 0 Å². The topological polar surface area (TPSA) is 61.3 Å².